The van der Waals surface area contributed by atoms with E-state index >= 15 is 0 Å². The number of rotatable bonds is 16. The second-order valence-corrected chi connectivity index (χ2v) is 6.22. The van der Waals surface area contributed by atoms with Gasteiger partial charge in [0, 0.05) is 19.9 Å². The van der Waals surface area contributed by atoms with Crippen LogP contribution in [0.2, 0.25) is 0 Å². The quantitative estimate of drug-likeness (QED) is 0.100. The molecule has 0 aliphatic heterocycles. The summed E-state index contributed by atoms with van der Waals surface area (Å²) in [7, 11) is 1.75. The zero-order valence-corrected chi connectivity index (χ0v) is 17.5. The number of amides is 1. The molecule has 0 aromatic carbocycles. The van der Waals surface area contributed by atoms with Crippen molar-refractivity contribution in [1.82, 2.24) is 10.6 Å². The molecule has 9 heteroatoms. The molecule has 0 radical (unpaired) electrons. The first-order chi connectivity index (χ1) is 13.9. The van der Waals surface area contributed by atoms with Crippen LogP contribution in [-0.2, 0) is 19.2 Å². The molecule has 0 saturated carbocycles. The van der Waals surface area contributed by atoms with Gasteiger partial charge in [0.1, 0.15) is 6.04 Å². The van der Waals surface area contributed by atoms with Gasteiger partial charge in [0.05, 0.1) is 13.2 Å². The van der Waals surface area contributed by atoms with E-state index in [1.807, 2.05) is 38.2 Å². The third kappa shape index (κ3) is 14.8. The van der Waals surface area contributed by atoms with Crippen LogP contribution in [-0.4, -0.2) is 43.3 Å². The molecule has 0 heterocycles. The Bertz CT molecular complexity index is 587. The molecule has 0 aliphatic carbocycles. The van der Waals surface area contributed by atoms with Crippen molar-refractivity contribution in [3.63, 3.8) is 0 Å². The molecule has 0 spiro atoms. The lowest BCUT2D eigenvalue weighted by Crippen LogP contribution is -2.42. The molecule has 0 aliphatic rings. The molecule has 1 amide bonds. The Hall–Kier alpha value is -2.84. The van der Waals surface area contributed by atoms with Crippen molar-refractivity contribution in [2.75, 3.05) is 20.3 Å². The van der Waals surface area contributed by atoms with E-state index in [0.29, 0.717) is 25.7 Å². The summed E-state index contributed by atoms with van der Waals surface area (Å²) in [6.07, 6.45) is 12.3. The van der Waals surface area contributed by atoms with Crippen molar-refractivity contribution in [3.8, 4) is 0 Å². The summed E-state index contributed by atoms with van der Waals surface area (Å²) in [5, 5.41) is 14.9. The Morgan fingerprint density at radius 3 is 2.48 bits per heavy atom. The van der Waals surface area contributed by atoms with Gasteiger partial charge in [-0.15, -0.1) is 10.1 Å². The number of allylic oxidation sites excluding steroid dienone is 4. The number of unbranched alkanes of at least 4 members (excludes halogenated alkanes) is 2. The molecule has 0 rings (SSSR count). The maximum absolute atomic E-state index is 12.5. The molecule has 29 heavy (non-hydrogen) atoms. The summed E-state index contributed by atoms with van der Waals surface area (Å²) >= 11 is 0. The number of nitrogens with one attached hydrogen (secondary N) is 2. The first-order valence-electron chi connectivity index (χ1n) is 9.78. The van der Waals surface area contributed by atoms with Gasteiger partial charge < -0.3 is 20.2 Å². The number of esters is 1. The van der Waals surface area contributed by atoms with Crippen molar-refractivity contribution in [2.24, 2.45) is 0 Å². The van der Waals surface area contributed by atoms with Crippen molar-refractivity contribution in [1.29, 1.82) is 0 Å². The monoisotopic (exact) mass is 411 g/mol. The van der Waals surface area contributed by atoms with Crippen LogP contribution in [0.5, 0.6) is 0 Å². The molecule has 0 saturated heterocycles. The molecular formula is C20H33N3O6. The topological polar surface area (TPSA) is 120 Å². The van der Waals surface area contributed by atoms with Crippen LogP contribution < -0.4 is 10.6 Å². The second-order valence-electron chi connectivity index (χ2n) is 6.22. The van der Waals surface area contributed by atoms with E-state index in [-0.39, 0.29) is 25.5 Å². The van der Waals surface area contributed by atoms with Gasteiger partial charge in [-0.2, -0.15) is 0 Å². The maximum atomic E-state index is 12.5. The summed E-state index contributed by atoms with van der Waals surface area (Å²) in [6.45, 7) is 3.84. The van der Waals surface area contributed by atoms with Crippen LogP contribution in [0.25, 0.3) is 0 Å². The van der Waals surface area contributed by atoms with Crippen LogP contribution >= 0.6 is 0 Å². The first-order valence-corrected chi connectivity index (χ1v) is 9.78. The fourth-order valence-electron chi connectivity index (χ4n) is 2.43. The average Bonchev–Trinajstić information content (AvgIpc) is 2.67. The van der Waals surface area contributed by atoms with Gasteiger partial charge >= 0.3 is 5.97 Å². The number of hydrogen-bond acceptors (Lipinski definition) is 7. The SMILES string of the molecule is C/C=C\CCCC(=O)NC(CC(=C/NC)/C=C/C)C(=O)OCCCCO[N+](=O)[O-]. The largest absolute Gasteiger partial charge is 0.464 e. The predicted molar refractivity (Wildman–Crippen MR) is 110 cm³/mol. The zero-order chi connectivity index (χ0) is 21.9. The van der Waals surface area contributed by atoms with Gasteiger partial charge in [-0.05, 0) is 51.3 Å². The minimum absolute atomic E-state index is 0.0483. The minimum atomic E-state index is -0.856. The van der Waals surface area contributed by atoms with Crippen molar-refractivity contribution < 1.29 is 24.3 Å². The number of ether oxygens (including phenoxy) is 1. The number of hydrogen-bond donors (Lipinski definition) is 2. The molecule has 1 atom stereocenters. The van der Waals surface area contributed by atoms with Gasteiger partial charge in [-0.25, -0.2) is 4.79 Å². The Labute approximate surface area is 172 Å². The molecule has 164 valence electrons. The van der Waals surface area contributed by atoms with Crippen molar-refractivity contribution in [2.45, 2.75) is 58.4 Å². The highest BCUT2D eigenvalue weighted by Gasteiger charge is 2.23. The summed E-state index contributed by atoms with van der Waals surface area (Å²) in [5.74, 6) is -0.742. The van der Waals surface area contributed by atoms with Gasteiger partial charge in [-0.1, -0.05) is 24.3 Å². The second kappa shape index (κ2) is 17.3. The third-order valence-electron chi connectivity index (χ3n) is 3.76. The fraction of sp³-hybridized carbons (Fsp3) is 0.600. The Morgan fingerprint density at radius 2 is 1.86 bits per heavy atom. The number of carbonyl (C=O) groups excluding carboxylic acids is 2. The molecule has 0 bridgehead atoms. The lowest BCUT2D eigenvalue weighted by atomic mass is 10.1. The molecule has 0 fully saturated rings. The zero-order valence-electron chi connectivity index (χ0n) is 17.5. The van der Waals surface area contributed by atoms with E-state index in [0.717, 1.165) is 12.0 Å². The van der Waals surface area contributed by atoms with Crippen LogP contribution in [0, 0.1) is 10.1 Å². The van der Waals surface area contributed by atoms with Gasteiger partial charge in [0.15, 0.2) is 0 Å². The Morgan fingerprint density at radius 1 is 1.14 bits per heavy atom. The third-order valence-corrected chi connectivity index (χ3v) is 3.76. The molecule has 2 N–H and O–H groups in total. The normalized spacial score (nSPS) is 12.7. The molecule has 1 unspecified atom stereocenters. The van der Waals surface area contributed by atoms with E-state index in [9.17, 15) is 19.7 Å². The first kappa shape index (κ1) is 26.2. The van der Waals surface area contributed by atoms with E-state index in [1.165, 1.54) is 0 Å². The van der Waals surface area contributed by atoms with Gasteiger partial charge in [0.25, 0.3) is 5.09 Å². The van der Waals surface area contributed by atoms with E-state index in [1.54, 1.807) is 13.2 Å². The minimum Gasteiger partial charge on any atom is -0.464 e. The molecule has 0 aromatic heterocycles. The van der Waals surface area contributed by atoms with E-state index in [4.69, 9.17) is 4.74 Å². The smallest absolute Gasteiger partial charge is 0.328 e. The number of carbonyl (C=O) groups is 2. The maximum Gasteiger partial charge on any atom is 0.328 e. The molecular weight excluding hydrogens is 378 g/mol. The standard InChI is InChI=1S/C20H33N3O6/c1-4-6-7-8-12-19(24)22-18(15-17(11-5-2)16-21-3)20(25)28-13-9-10-14-29-23(26)27/h4-6,11,16,18,21H,7-10,12-15H2,1-3H3,(H,22,24)/b6-4-,11-5+,17-16+. The van der Waals surface area contributed by atoms with E-state index < -0.39 is 17.1 Å². The van der Waals surface area contributed by atoms with Crippen molar-refractivity contribution >= 4 is 11.9 Å². The molecule has 9 nitrogen and oxygen atoms in total. The van der Waals surface area contributed by atoms with Crippen LogP contribution in [0.15, 0.2) is 36.1 Å². The highest BCUT2D eigenvalue weighted by molar-refractivity contribution is 5.84. The Balaban J connectivity index is 4.74. The molecule has 0 aromatic rings. The van der Waals surface area contributed by atoms with Gasteiger partial charge in [0.2, 0.25) is 5.91 Å². The van der Waals surface area contributed by atoms with Gasteiger partial charge in [-0.3, -0.25) is 4.79 Å². The fourth-order valence-corrected chi connectivity index (χ4v) is 2.43. The van der Waals surface area contributed by atoms with E-state index in [2.05, 4.69) is 15.5 Å². The highest BCUT2D eigenvalue weighted by atomic mass is 16.9. The Kier molecular flexibility index (Phi) is 15.6. The van der Waals surface area contributed by atoms with Crippen LogP contribution in [0.4, 0.5) is 0 Å². The number of nitrogens with zero attached hydrogens (tertiary/aromatic N) is 1. The summed E-state index contributed by atoms with van der Waals surface area (Å²) in [4.78, 5) is 39.0. The average molecular weight is 411 g/mol. The summed E-state index contributed by atoms with van der Waals surface area (Å²) in [6, 6.07) is -0.810. The lowest BCUT2D eigenvalue weighted by Gasteiger charge is -2.18. The highest BCUT2D eigenvalue weighted by Crippen LogP contribution is 2.10. The van der Waals surface area contributed by atoms with Crippen molar-refractivity contribution in [3.05, 3.63) is 46.2 Å². The van der Waals surface area contributed by atoms with Crippen LogP contribution in [0.1, 0.15) is 52.4 Å². The summed E-state index contributed by atoms with van der Waals surface area (Å²) < 4.78 is 5.25. The summed E-state index contributed by atoms with van der Waals surface area (Å²) in [5.41, 5.74) is 0.838. The van der Waals surface area contributed by atoms with Crippen LogP contribution in [0.3, 0.4) is 0 Å². The lowest BCUT2D eigenvalue weighted by molar-refractivity contribution is -0.757. The predicted octanol–water partition coefficient (Wildman–Crippen LogP) is 2.82.